The smallest absolute Gasteiger partial charge is 0.281 e. The molecule has 1 amide bonds. The first kappa shape index (κ1) is 17.5. The average Bonchev–Trinajstić information content (AvgIpc) is 2.70. The first-order valence-corrected chi connectivity index (χ1v) is 8.03. The number of hydrogen-bond donors (Lipinski definition) is 2. The van der Waals surface area contributed by atoms with Crippen molar-refractivity contribution in [2.45, 2.75) is 5.60 Å². The maximum Gasteiger partial charge on any atom is 0.281 e. The molecule has 0 spiro atoms. The second kappa shape index (κ2) is 7.72. The number of hydrogen-bond acceptors (Lipinski definition) is 3. The number of hydrazone groups is 1. The SMILES string of the molecule is O=C(NN=Cc1ccc(F)cc1)C(O)(c1ccccc1)c1ccccc1. The van der Waals surface area contributed by atoms with Crippen molar-refractivity contribution in [2.75, 3.05) is 0 Å². The standard InChI is InChI=1S/C21H17FN2O2/c22-19-13-11-16(12-14-19)15-23-24-20(25)21(26,17-7-3-1-4-8-17)18-9-5-2-6-10-18/h1-15,26H,(H,24,25). The van der Waals surface area contributed by atoms with Gasteiger partial charge in [-0.1, -0.05) is 72.8 Å². The maximum absolute atomic E-state index is 12.9. The molecule has 4 nitrogen and oxygen atoms in total. The van der Waals surface area contributed by atoms with Gasteiger partial charge in [0, 0.05) is 0 Å². The highest BCUT2D eigenvalue weighted by molar-refractivity contribution is 5.91. The molecule has 3 rings (SSSR count). The lowest BCUT2D eigenvalue weighted by atomic mass is 9.85. The molecule has 3 aromatic carbocycles. The number of carbonyl (C=O) groups excluding carboxylic acids is 1. The third kappa shape index (κ3) is 3.68. The predicted molar refractivity (Wildman–Crippen MR) is 98.0 cm³/mol. The molecule has 0 radical (unpaired) electrons. The van der Waals surface area contributed by atoms with E-state index in [1.54, 1.807) is 60.7 Å². The van der Waals surface area contributed by atoms with Gasteiger partial charge in [0.25, 0.3) is 5.91 Å². The van der Waals surface area contributed by atoms with Crippen molar-refractivity contribution in [1.82, 2.24) is 5.43 Å². The van der Waals surface area contributed by atoms with E-state index in [0.29, 0.717) is 16.7 Å². The van der Waals surface area contributed by atoms with Gasteiger partial charge >= 0.3 is 0 Å². The number of aliphatic hydroxyl groups is 1. The highest BCUT2D eigenvalue weighted by Crippen LogP contribution is 2.29. The topological polar surface area (TPSA) is 61.7 Å². The Balaban J connectivity index is 1.87. The third-order valence-corrected chi connectivity index (χ3v) is 3.96. The first-order chi connectivity index (χ1) is 12.6. The van der Waals surface area contributed by atoms with Gasteiger partial charge < -0.3 is 5.11 Å². The summed E-state index contributed by atoms with van der Waals surface area (Å²) in [4.78, 5) is 12.8. The van der Waals surface area contributed by atoms with E-state index in [1.807, 2.05) is 0 Å². The number of nitrogens with zero attached hydrogens (tertiary/aromatic N) is 1. The minimum atomic E-state index is -1.89. The van der Waals surface area contributed by atoms with Gasteiger partial charge in [-0.2, -0.15) is 5.10 Å². The zero-order chi connectivity index (χ0) is 18.4. The Morgan fingerprint density at radius 3 is 1.88 bits per heavy atom. The summed E-state index contributed by atoms with van der Waals surface area (Å²) in [5, 5.41) is 15.1. The van der Waals surface area contributed by atoms with Crippen LogP contribution in [0, 0.1) is 5.82 Å². The highest BCUT2D eigenvalue weighted by Gasteiger charge is 2.39. The zero-order valence-electron chi connectivity index (χ0n) is 13.8. The fourth-order valence-electron chi connectivity index (χ4n) is 2.58. The lowest BCUT2D eigenvalue weighted by Crippen LogP contribution is -2.43. The van der Waals surface area contributed by atoms with Crippen molar-refractivity contribution >= 4 is 12.1 Å². The normalized spacial score (nSPS) is 11.5. The van der Waals surface area contributed by atoms with Crippen molar-refractivity contribution in [3.63, 3.8) is 0 Å². The summed E-state index contributed by atoms with van der Waals surface area (Å²) < 4.78 is 12.9. The maximum atomic E-state index is 12.9. The van der Waals surface area contributed by atoms with Crippen LogP contribution in [-0.2, 0) is 10.4 Å². The summed E-state index contributed by atoms with van der Waals surface area (Å²) >= 11 is 0. The van der Waals surface area contributed by atoms with E-state index in [0.717, 1.165) is 0 Å². The lowest BCUT2D eigenvalue weighted by Gasteiger charge is -2.27. The summed E-state index contributed by atoms with van der Waals surface area (Å²) in [7, 11) is 0. The van der Waals surface area contributed by atoms with Crippen LogP contribution < -0.4 is 5.43 Å². The van der Waals surface area contributed by atoms with Crippen molar-refractivity contribution in [1.29, 1.82) is 0 Å². The highest BCUT2D eigenvalue weighted by atomic mass is 19.1. The molecule has 3 aromatic rings. The molecule has 0 bridgehead atoms. The van der Waals surface area contributed by atoms with Gasteiger partial charge in [-0.25, -0.2) is 9.82 Å². The van der Waals surface area contributed by atoms with Crippen LogP contribution in [0.2, 0.25) is 0 Å². The molecule has 0 unspecified atom stereocenters. The molecular formula is C21H17FN2O2. The zero-order valence-corrected chi connectivity index (χ0v) is 13.8. The summed E-state index contributed by atoms with van der Waals surface area (Å²) in [6, 6.07) is 23.0. The molecule has 0 fully saturated rings. The Kier molecular flexibility index (Phi) is 5.20. The number of benzene rings is 3. The number of halogens is 1. The van der Waals surface area contributed by atoms with Crippen LogP contribution in [0.3, 0.4) is 0 Å². The molecule has 2 N–H and O–H groups in total. The molecule has 0 atom stereocenters. The molecule has 0 aliphatic heterocycles. The molecule has 0 saturated carbocycles. The fourth-order valence-corrected chi connectivity index (χ4v) is 2.58. The lowest BCUT2D eigenvalue weighted by molar-refractivity contribution is -0.136. The monoisotopic (exact) mass is 348 g/mol. The van der Waals surface area contributed by atoms with Crippen molar-refractivity contribution < 1.29 is 14.3 Å². The minimum Gasteiger partial charge on any atom is -0.372 e. The Morgan fingerprint density at radius 2 is 1.38 bits per heavy atom. The van der Waals surface area contributed by atoms with Crippen LogP contribution in [0.15, 0.2) is 90.0 Å². The molecule has 0 aliphatic carbocycles. The van der Waals surface area contributed by atoms with Crippen LogP contribution in [-0.4, -0.2) is 17.2 Å². The Hall–Kier alpha value is -3.31. The van der Waals surface area contributed by atoms with Gasteiger partial charge in [-0.05, 0) is 28.8 Å². The largest absolute Gasteiger partial charge is 0.372 e. The molecule has 26 heavy (non-hydrogen) atoms. The van der Waals surface area contributed by atoms with E-state index < -0.39 is 11.5 Å². The van der Waals surface area contributed by atoms with Crippen molar-refractivity contribution in [2.24, 2.45) is 5.10 Å². The molecule has 5 heteroatoms. The molecule has 130 valence electrons. The molecule has 0 saturated heterocycles. The fraction of sp³-hybridized carbons (Fsp3) is 0.0476. The quantitative estimate of drug-likeness (QED) is 0.549. The van der Waals surface area contributed by atoms with Crippen LogP contribution in [0.5, 0.6) is 0 Å². The van der Waals surface area contributed by atoms with Crippen LogP contribution in [0.1, 0.15) is 16.7 Å². The molecule has 0 aliphatic rings. The first-order valence-electron chi connectivity index (χ1n) is 8.03. The number of carbonyl (C=O) groups is 1. The van der Waals surface area contributed by atoms with E-state index in [2.05, 4.69) is 10.5 Å². The molecule has 0 aromatic heterocycles. The van der Waals surface area contributed by atoms with Gasteiger partial charge in [-0.3, -0.25) is 4.79 Å². The van der Waals surface area contributed by atoms with Crippen molar-refractivity contribution in [3.8, 4) is 0 Å². The molecular weight excluding hydrogens is 331 g/mol. The van der Waals surface area contributed by atoms with E-state index in [1.165, 1.54) is 30.5 Å². The Morgan fingerprint density at radius 1 is 0.885 bits per heavy atom. The van der Waals surface area contributed by atoms with E-state index in [4.69, 9.17) is 0 Å². The second-order valence-electron chi connectivity index (χ2n) is 5.69. The van der Waals surface area contributed by atoms with Gasteiger partial charge in [0.1, 0.15) is 5.82 Å². The van der Waals surface area contributed by atoms with Gasteiger partial charge in [0.15, 0.2) is 5.60 Å². The number of nitrogens with one attached hydrogen (secondary N) is 1. The van der Waals surface area contributed by atoms with Crippen molar-refractivity contribution in [3.05, 3.63) is 107 Å². The van der Waals surface area contributed by atoms with Gasteiger partial charge in [-0.15, -0.1) is 0 Å². The molecule has 0 heterocycles. The van der Waals surface area contributed by atoms with Crippen LogP contribution >= 0.6 is 0 Å². The van der Waals surface area contributed by atoms with Gasteiger partial charge in [0.05, 0.1) is 6.21 Å². The average molecular weight is 348 g/mol. The third-order valence-electron chi connectivity index (χ3n) is 3.96. The summed E-state index contributed by atoms with van der Waals surface area (Å²) in [5.41, 5.74) is 1.97. The van der Waals surface area contributed by atoms with E-state index >= 15 is 0 Å². The summed E-state index contributed by atoms with van der Waals surface area (Å²) in [6.07, 6.45) is 1.38. The predicted octanol–water partition coefficient (Wildman–Crippen LogP) is 3.21. The Labute approximate surface area is 150 Å². The summed E-state index contributed by atoms with van der Waals surface area (Å²) in [5.74, 6) is -1.04. The van der Waals surface area contributed by atoms with Crippen LogP contribution in [0.4, 0.5) is 4.39 Å². The Bertz CT molecular complexity index is 855. The number of amides is 1. The second-order valence-corrected chi connectivity index (χ2v) is 5.69. The summed E-state index contributed by atoms with van der Waals surface area (Å²) in [6.45, 7) is 0. The van der Waals surface area contributed by atoms with E-state index in [-0.39, 0.29) is 5.82 Å². The van der Waals surface area contributed by atoms with Crippen LogP contribution in [0.25, 0.3) is 0 Å². The number of rotatable bonds is 5. The van der Waals surface area contributed by atoms with Gasteiger partial charge in [0.2, 0.25) is 0 Å². The minimum absolute atomic E-state index is 0.353. The van der Waals surface area contributed by atoms with E-state index in [9.17, 15) is 14.3 Å².